The molecule has 2 aliphatic heterocycles. The second-order valence-electron chi connectivity index (χ2n) is 7.52. The molecule has 2 unspecified atom stereocenters. The Morgan fingerprint density at radius 3 is 2.40 bits per heavy atom. The number of aliphatic hydroxyl groups is 5. The van der Waals surface area contributed by atoms with Gasteiger partial charge in [0, 0.05) is 6.20 Å². The number of nitrogen functional groups attached to an aromatic ring is 1. The summed E-state index contributed by atoms with van der Waals surface area (Å²) in [5.74, 6) is -0.122. The molecule has 0 saturated carbocycles. The van der Waals surface area contributed by atoms with Crippen LogP contribution in [0, 0.1) is 0 Å². The number of aliphatic hydroxyl groups excluding tert-OH is 4. The molecule has 2 aliphatic rings. The molecule has 200 valence electrons. The second kappa shape index (κ2) is 10.6. The number of hydrogen-bond acceptors (Lipinski definition) is 15. The molecule has 0 aromatic carbocycles. The van der Waals surface area contributed by atoms with Crippen molar-refractivity contribution in [2.24, 2.45) is 0 Å². The van der Waals surface area contributed by atoms with E-state index in [1.807, 2.05) is 0 Å². The summed E-state index contributed by atoms with van der Waals surface area (Å²) in [4.78, 5) is 35.0. The minimum Gasteiger partial charge on any atom is -0.388 e. The van der Waals surface area contributed by atoms with Gasteiger partial charge in [-0.25, -0.2) is 13.9 Å². The number of phosphoric ester groups is 2. The molecule has 35 heavy (non-hydrogen) atoms. The first-order chi connectivity index (χ1) is 16.4. The van der Waals surface area contributed by atoms with Crippen molar-refractivity contribution in [1.29, 1.82) is 0 Å². The Morgan fingerprint density at radius 2 is 1.77 bits per heavy atom. The van der Waals surface area contributed by atoms with Crippen LogP contribution in [0.25, 0.3) is 0 Å². The van der Waals surface area contributed by atoms with Crippen molar-refractivity contribution in [2.75, 3.05) is 12.3 Å². The van der Waals surface area contributed by atoms with Crippen LogP contribution in [0.5, 0.6) is 0 Å². The number of anilines is 1. The molecule has 1 aromatic heterocycles. The molecule has 11 atom stereocenters. The van der Waals surface area contributed by atoms with Crippen molar-refractivity contribution < 1.29 is 68.7 Å². The highest BCUT2D eigenvalue weighted by Gasteiger charge is 2.49. The van der Waals surface area contributed by atoms with Crippen LogP contribution in [0.3, 0.4) is 0 Å². The Bertz CT molecular complexity index is 1110. The van der Waals surface area contributed by atoms with Crippen LogP contribution in [0.4, 0.5) is 5.82 Å². The van der Waals surface area contributed by atoms with E-state index in [2.05, 4.69) is 18.3 Å². The Balaban J connectivity index is 1.61. The summed E-state index contributed by atoms with van der Waals surface area (Å²) < 4.78 is 55.8. The highest BCUT2D eigenvalue weighted by molar-refractivity contribution is 7.61. The Hall–Kier alpha value is -1.34. The van der Waals surface area contributed by atoms with Gasteiger partial charge in [-0.3, -0.25) is 13.6 Å². The van der Waals surface area contributed by atoms with Crippen molar-refractivity contribution >= 4 is 21.5 Å². The average Bonchev–Trinajstić information content (AvgIpc) is 3.02. The quantitative estimate of drug-likeness (QED) is 0.146. The minimum absolute atomic E-state index is 0.122. The van der Waals surface area contributed by atoms with Crippen LogP contribution >= 0.6 is 15.6 Å². The Labute approximate surface area is 197 Å². The molecule has 18 nitrogen and oxygen atoms in total. The van der Waals surface area contributed by atoms with Gasteiger partial charge >= 0.3 is 21.3 Å². The third-order valence-corrected chi connectivity index (χ3v) is 7.57. The average molecular weight is 550 g/mol. The van der Waals surface area contributed by atoms with Crippen LogP contribution in [0.15, 0.2) is 17.1 Å². The second-order valence-corrected chi connectivity index (χ2v) is 10.5. The number of rotatable bonds is 8. The molecule has 0 radical (unpaired) electrons. The molecule has 2 saturated heterocycles. The Kier molecular flexibility index (Phi) is 8.07. The first kappa shape index (κ1) is 26.7. The normalized spacial score (nSPS) is 41.7. The van der Waals surface area contributed by atoms with Gasteiger partial charge < -0.3 is 50.5 Å². The van der Waals surface area contributed by atoms with E-state index in [9.17, 15) is 49.2 Å². The highest BCUT2D eigenvalue weighted by atomic mass is 31.3. The molecule has 3 rings (SSSR count). The van der Waals surface area contributed by atoms with Crippen LogP contribution in [-0.4, -0.2) is 100 Å². The van der Waals surface area contributed by atoms with Gasteiger partial charge in [0.1, 0.15) is 42.4 Å². The summed E-state index contributed by atoms with van der Waals surface area (Å²) in [5, 5.41) is 49.7. The molecule has 0 spiro atoms. The van der Waals surface area contributed by atoms with E-state index in [-0.39, 0.29) is 5.82 Å². The number of phosphoric acid groups is 2. The van der Waals surface area contributed by atoms with Crippen LogP contribution in [0.2, 0.25) is 0 Å². The van der Waals surface area contributed by atoms with Crippen LogP contribution < -0.4 is 11.4 Å². The summed E-state index contributed by atoms with van der Waals surface area (Å²) >= 11 is 0. The number of ether oxygens (including phenoxy) is 2. The summed E-state index contributed by atoms with van der Waals surface area (Å²) in [6.07, 6.45) is -16.2. The van der Waals surface area contributed by atoms with Crippen molar-refractivity contribution in [3.63, 3.8) is 0 Å². The lowest BCUT2D eigenvalue weighted by atomic mass is 10.0. The third-order valence-electron chi connectivity index (χ3n) is 4.97. The number of hydrogen-bond donors (Lipinski definition) is 8. The maximum Gasteiger partial charge on any atom is 0.483 e. The van der Waals surface area contributed by atoms with E-state index in [4.69, 9.17) is 16.6 Å². The minimum atomic E-state index is -5.57. The van der Waals surface area contributed by atoms with Gasteiger partial charge in [-0.15, -0.1) is 0 Å². The van der Waals surface area contributed by atoms with E-state index < -0.39 is 83.2 Å². The molecule has 3 heterocycles. The van der Waals surface area contributed by atoms with Gasteiger partial charge in [0.2, 0.25) is 0 Å². The van der Waals surface area contributed by atoms with Gasteiger partial charge in [-0.2, -0.15) is 9.29 Å². The summed E-state index contributed by atoms with van der Waals surface area (Å²) in [6.45, 7) is 0.0780. The van der Waals surface area contributed by atoms with Crippen molar-refractivity contribution in [1.82, 2.24) is 9.55 Å². The first-order valence-corrected chi connectivity index (χ1v) is 12.7. The van der Waals surface area contributed by atoms with Gasteiger partial charge in [0.25, 0.3) is 0 Å². The maximum atomic E-state index is 12.2. The van der Waals surface area contributed by atoms with Crippen molar-refractivity contribution in [3.05, 3.63) is 22.7 Å². The van der Waals surface area contributed by atoms with E-state index in [0.717, 1.165) is 17.7 Å². The van der Waals surface area contributed by atoms with Crippen molar-refractivity contribution in [2.45, 2.75) is 62.1 Å². The summed E-state index contributed by atoms with van der Waals surface area (Å²) in [5.41, 5.74) is 4.44. The fraction of sp³-hybridized carbons (Fsp3) is 0.733. The summed E-state index contributed by atoms with van der Waals surface area (Å²) in [7, 11) is -11.0. The maximum absolute atomic E-state index is 12.2. The lowest BCUT2D eigenvalue weighted by Gasteiger charge is -2.38. The molecule has 2 fully saturated rings. The first-order valence-electron chi connectivity index (χ1n) is 10.3. The van der Waals surface area contributed by atoms with E-state index in [1.165, 1.54) is 6.07 Å². The molecule has 0 amide bonds. The smallest absolute Gasteiger partial charge is 0.388 e. The topological polar surface area (TPSA) is 283 Å². The number of aromatic nitrogens is 2. The third kappa shape index (κ3) is 6.51. The standard InChI is InChI=1S/C15H25N3O15P2/c1-5-8(19)10(21)12(23)14(30-5)32-35(27,28)33-34(25,26)29-4-6-9(20)11(22)13(31-6)18-3-2-7(16)17-15(18)24/h2-3,5-6,8-14,19-23H,4H2,1H3,(H,25,26)(H,27,28)(H2,16,17,24)/t5-,6-,8-,9-,10+,11-,12-,13-,14-/m1/s1/i8D. The fourth-order valence-corrected chi connectivity index (χ4v) is 5.35. The molecular weight excluding hydrogens is 524 g/mol. The lowest BCUT2D eigenvalue weighted by molar-refractivity contribution is -0.271. The lowest BCUT2D eigenvalue weighted by Crippen LogP contribution is -2.57. The van der Waals surface area contributed by atoms with Crippen LogP contribution in [-0.2, 0) is 32.0 Å². The SMILES string of the molecule is [2H][C@]1(O)[C@H](O)[C@@H](O)[C@@H](OP(=O)(O)OP(=O)(O)OC[C@H]2O[C@@H](n3ccc(N)nc3=O)[C@H](O)[C@@H]2O)O[C@@H]1C. The number of nitrogens with zero attached hydrogens (tertiary/aromatic N) is 2. The molecule has 9 N–H and O–H groups in total. The zero-order chi connectivity index (χ0) is 27.2. The highest BCUT2D eigenvalue weighted by Crippen LogP contribution is 2.61. The van der Waals surface area contributed by atoms with Crippen LogP contribution in [0.1, 0.15) is 14.5 Å². The number of nitrogens with two attached hydrogens (primary N) is 1. The largest absolute Gasteiger partial charge is 0.483 e. The Morgan fingerprint density at radius 1 is 1.11 bits per heavy atom. The zero-order valence-corrected chi connectivity index (χ0v) is 19.5. The van der Waals surface area contributed by atoms with E-state index in [1.54, 1.807) is 0 Å². The predicted molar refractivity (Wildman–Crippen MR) is 109 cm³/mol. The van der Waals surface area contributed by atoms with E-state index in [0.29, 0.717) is 0 Å². The van der Waals surface area contributed by atoms with Gasteiger partial charge in [0.15, 0.2) is 12.5 Å². The fourth-order valence-electron chi connectivity index (χ4n) is 3.19. The predicted octanol–water partition coefficient (Wildman–Crippen LogP) is -3.48. The van der Waals surface area contributed by atoms with E-state index >= 15 is 0 Å². The zero-order valence-electron chi connectivity index (χ0n) is 18.7. The van der Waals surface area contributed by atoms with Gasteiger partial charge in [-0.05, 0) is 13.0 Å². The summed E-state index contributed by atoms with van der Waals surface area (Å²) in [6, 6.07) is 1.21. The molecular formula is C15H25N3O15P2. The monoisotopic (exact) mass is 550 g/mol. The molecule has 0 bridgehead atoms. The molecule has 20 heteroatoms. The van der Waals surface area contributed by atoms with Gasteiger partial charge in [0.05, 0.1) is 14.1 Å². The van der Waals surface area contributed by atoms with Crippen molar-refractivity contribution in [3.8, 4) is 0 Å². The molecule has 0 aliphatic carbocycles. The van der Waals surface area contributed by atoms with Gasteiger partial charge in [-0.1, -0.05) is 0 Å². The molecule has 1 aromatic rings.